The molecule has 0 aromatic heterocycles. The molecular weight excluding hydrogens is 582 g/mol. The lowest BCUT2D eigenvalue weighted by Gasteiger charge is -2.47. The minimum Gasteiger partial charge on any atom is -0.463 e. The molecule has 5 fully saturated rings. The first-order chi connectivity index (χ1) is 22.2. The van der Waals surface area contributed by atoms with E-state index in [0.717, 1.165) is 95.0 Å². The summed E-state index contributed by atoms with van der Waals surface area (Å²) in [5, 5.41) is 17.6. The number of Topliss-reactive ketones (excluding diaryl/α,β-unsaturated/α-hetero) is 2. The van der Waals surface area contributed by atoms with Crippen LogP contribution in [0, 0.1) is 29.1 Å². The summed E-state index contributed by atoms with van der Waals surface area (Å²) in [6.45, 7) is 8.67. The van der Waals surface area contributed by atoms with Crippen LogP contribution in [-0.4, -0.2) is 72.9 Å². The molecule has 46 heavy (non-hydrogen) atoms. The molecule has 3 saturated carbocycles. The van der Waals surface area contributed by atoms with E-state index < -0.39 is 29.0 Å². The molecule has 3 aliphatic carbocycles. The van der Waals surface area contributed by atoms with Gasteiger partial charge in [-0.1, -0.05) is 64.4 Å². The number of hydrogen-bond acceptors (Lipinski definition) is 9. The Labute approximate surface area is 276 Å². The van der Waals surface area contributed by atoms with Gasteiger partial charge in [-0.2, -0.15) is 0 Å². The van der Waals surface area contributed by atoms with Gasteiger partial charge >= 0.3 is 5.97 Å². The van der Waals surface area contributed by atoms with Gasteiger partial charge in [0.15, 0.2) is 17.2 Å². The quantitative estimate of drug-likeness (QED) is 0.0862. The van der Waals surface area contributed by atoms with Crippen molar-refractivity contribution in [2.75, 3.05) is 32.8 Å². The Balaban J connectivity index is 1.42. The summed E-state index contributed by atoms with van der Waals surface area (Å²) in [6, 6.07) is 0. The lowest BCUT2D eigenvalue weighted by Crippen LogP contribution is -2.58. The average molecular weight is 644 g/mol. The normalized spacial score (nSPS) is 35.1. The minimum absolute atomic E-state index is 0.00170. The Bertz CT molecular complexity index is 1130. The lowest BCUT2D eigenvalue weighted by molar-refractivity contribution is -0.159. The SMILES string of the molecule is CCCCC(CNCC)COC(=O)C12OC1(CC(CO)=C(C)CC1(C3CCNC(N)C3)CCCCC1)C(=O)C1CCCCC1C2=O. The molecule has 2 heterocycles. The highest BCUT2D eigenvalue weighted by molar-refractivity contribution is 6.23. The third kappa shape index (κ3) is 6.78. The Morgan fingerprint density at radius 2 is 1.78 bits per heavy atom. The number of fused-ring (bicyclic) bond motifs is 2. The molecule has 0 aromatic carbocycles. The molecule has 2 saturated heterocycles. The molecule has 260 valence electrons. The molecule has 0 spiro atoms. The van der Waals surface area contributed by atoms with Gasteiger partial charge in [-0.3, -0.25) is 9.59 Å². The van der Waals surface area contributed by atoms with Crippen molar-refractivity contribution in [2.45, 2.75) is 141 Å². The largest absolute Gasteiger partial charge is 0.463 e. The molecule has 0 amide bonds. The van der Waals surface area contributed by atoms with E-state index in [1.807, 2.05) is 6.92 Å². The van der Waals surface area contributed by atoms with Gasteiger partial charge in [0, 0.05) is 30.7 Å². The van der Waals surface area contributed by atoms with Gasteiger partial charge in [0.05, 0.1) is 19.4 Å². The number of esters is 1. The van der Waals surface area contributed by atoms with Crippen LogP contribution in [-0.2, 0) is 23.9 Å². The van der Waals surface area contributed by atoms with Crippen molar-refractivity contribution in [1.82, 2.24) is 10.6 Å². The number of unbranched alkanes of at least 4 members (excludes halogenated alkanes) is 1. The summed E-state index contributed by atoms with van der Waals surface area (Å²) in [7, 11) is 0. The molecular formula is C37H61N3O6. The van der Waals surface area contributed by atoms with Crippen molar-refractivity contribution in [3.05, 3.63) is 11.1 Å². The highest BCUT2D eigenvalue weighted by atomic mass is 16.7. The Hall–Kier alpha value is -1.65. The summed E-state index contributed by atoms with van der Waals surface area (Å²) >= 11 is 0. The van der Waals surface area contributed by atoms with E-state index in [1.54, 1.807) is 0 Å². The third-order valence-electron chi connectivity index (χ3n) is 12.5. The van der Waals surface area contributed by atoms with Gasteiger partial charge in [-0.25, -0.2) is 4.79 Å². The fraction of sp³-hybridized carbons (Fsp3) is 0.865. The zero-order chi connectivity index (χ0) is 33.0. The van der Waals surface area contributed by atoms with Crippen LogP contribution in [0.1, 0.15) is 124 Å². The predicted molar refractivity (Wildman–Crippen MR) is 178 cm³/mol. The number of aliphatic hydroxyl groups excluding tert-OH is 1. The van der Waals surface area contributed by atoms with Crippen LogP contribution in [0.4, 0.5) is 0 Å². The van der Waals surface area contributed by atoms with Gasteiger partial charge in [0.1, 0.15) is 0 Å². The number of allylic oxidation sites excluding steroid dienone is 1. The standard InChI is InChI=1S/C37H61N3O6/c1-4-6-12-26(22-39-5-2)24-45-34(44)37-33(43)30-14-9-8-13-29(30)32(42)36(37,46-37)21-27(23-41)25(3)20-35(16-10-7-11-17-35)28-15-18-40-31(38)19-28/h26,28-31,39-41H,4-24,38H2,1-3H3. The van der Waals surface area contributed by atoms with E-state index in [1.165, 1.54) is 19.3 Å². The zero-order valence-corrected chi connectivity index (χ0v) is 28.8. The fourth-order valence-electron chi connectivity index (χ4n) is 9.75. The van der Waals surface area contributed by atoms with Crippen LogP contribution < -0.4 is 16.4 Å². The van der Waals surface area contributed by atoms with Gasteiger partial charge in [0.25, 0.3) is 5.60 Å². The third-order valence-corrected chi connectivity index (χ3v) is 12.5. The number of nitrogens with two attached hydrogens (primary N) is 1. The Morgan fingerprint density at radius 1 is 1.07 bits per heavy atom. The maximum absolute atomic E-state index is 14.4. The molecule has 5 aliphatic rings. The number of hydrogen-bond donors (Lipinski definition) is 4. The molecule has 0 radical (unpaired) electrons. The van der Waals surface area contributed by atoms with Crippen molar-refractivity contribution < 1.29 is 29.0 Å². The first-order valence-electron chi connectivity index (χ1n) is 18.6. The number of nitrogens with one attached hydrogen (secondary N) is 2. The molecule has 9 heteroatoms. The van der Waals surface area contributed by atoms with Gasteiger partial charge in [0.2, 0.25) is 0 Å². The number of carbonyl (C=O) groups is 3. The van der Waals surface area contributed by atoms with E-state index in [-0.39, 0.29) is 48.7 Å². The van der Waals surface area contributed by atoms with E-state index in [4.69, 9.17) is 15.2 Å². The molecule has 2 aliphatic heterocycles. The number of carbonyl (C=O) groups excluding carboxylic acids is 3. The van der Waals surface area contributed by atoms with Crippen LogP contribution in [0.2, 0.25) is 0 Å². The number of aliphatic hydroxyl groups is 1. The number of ketones is 2. The summed E-state index contributed by atoms with van der Waals surface area (Å²) in [5.41, 5.74) is 4.76. The smallest absolute Gasteiger partial charge is 0.350 e. The van der Waals surface area contributed by atoms with Crippen LogP contribution in [0.3, 0.4) is 0 Å². The van der Waals surface area contributed by atoms with Gasteiger partial charge in [-0.15, -0.1) is 0 Å². The summed E-state index contributed by atoms with van der Waals surface area (Å²) in [5.74, 6) is -1.45. The van der Waals surface area contributed by atoms with Crippen molar-refractivity contribution >= 4 is 17.5 Å². The molecule has 0 bridgehead atoms. The van der Waals surface area contributed by atoms with E-state index in [9.17, 15) is 19.5 Å². The maximum Gasteiger partial charge on any atom is 0.350 e. The van der Waals surface area contributed by atoms with Crippen LogP contribution >= 0.6 is 0 Å². The fourth-order valence-corrected chi connectivity index (χ4v) is 9.75. The van der Waals surface area contributed by atoms with Gasteiger partial charge < -0.3 is 30.9 Å². The van der Waals surface area contributed by atoms with Gasteiger partial charge in [-0.05, 0) is 88.3 Å². The molecule has 7 unspecified atom stereocenters. The first kappa shape index (κ1) is 35.7. The highest BCUT2D eigenvalue weighted by Crippen LogP contribution is 2.62. The molecule has 7 atom stereocenters. The predicted octanol–water partition coefficient (Wildman–Crippen LogP) is 4.74. The lowest BCUT2D eigenvalue weighted by atomic mass is 9.59. The molecule has 0 aromatic rings. The van der Waals surface area contributed by atoms with Crippen molar-refractivity contribution in [1.29, 1.82) is 0 Å². The number of ether oxygens (including phenoxy) is 2. The van der Waals surface area contributed by atoms with Crippen molar-refractivity contribution in [3.8, 4) is 0 Å². The van der Waals surface area contributed by atoms with Crippen LogP contribution in [0.25, 0.3) is 0 Å². The monoisotopic (exact) mass is 643 g/mol. The summed E-state index contributed by atoms with van der Waals surface area (Å²) in [6.07, 6.45) is 14.8. The summed E-state index contributed by atoms with van der Waals surface area (Å²) in [4.78, 5) is 42.7. The first-order valence-corrected chi connectivity index (χ1v) is 18.6. The summed E-state index contributed by atoms with van der Waals surface area (Å²) < 4.78 is 12.2. The second-order valence-corrected chi connectivity index (χ2v) is 15.4. The Morgan fingerprint density at radius 3 is 2.43 bits per heavy atom. The topological polar surface area (TPSA) is 143 Å². The van der Waals surface area contributed by atoms with E-state index in [0.29, 0.717) is 18.8 Å². The van der Waals surface area contributed by atoms with E-state index in [2.05, 4.69) is 24.5 Å². The highest BCUT2D eigenvalue weighted by Gasteiger charge is 2.87. The van der Waals surface area contributed by atoms with E-state index >= 15 is 0 Å². The molecule has 9 nitrogen and oxygen atoms in total. The van der Waals surface area contributed by atoms with Crippen molar-refractivity contribution in [3.63, 3.8) is 0 Å². The number of piperidine rings is 1. The van der Waals surface area contributed by atoms with Crippen molar-refractivity contribution in [2.24, 2.45) is 34.8 Å². The maximum atomic E-state index is 14.4. The second kappa shape index (κ2) is 15.3. The average Bonchev–Trinajstić information content (AvgIpc) is 3.77. The second-order valence-electron chi connectivity index (χ2n) is 15.4. The molecule has 5 N–H and O–H groups in total. The number of epoxide rings is 1. The van der Waals surface area contributed by atoms with Crippen LogP contribution in [0.15, 0.2) is 11.1 Å². The zero-order valence-electron chi connectivity index (χ0n) is 28.8. The number of rotatable bonds is 15. The van der Waals surface area contributed by atoms with Crippen LogP contribution in [0.5, 0.6) is 0 Å². The molecule has 5 rings (SSSR count). The minimum atomic E-state index is -1.90. The Kier molecular flexibility index (Phi) is 11.8.